The van der Waals surface area contributed by atoms with E-state index in [0.717, 1.165) is 48.4 Å². The SMILES string of the molecule is CCCNc1nccc(NC2C3C4CCC(C4)C23)n1. The summed E-state index contributed by atoms with van der Waals surface area (Å²) in [5.41, 5.74) is 0. The molecule has 0 radical (unpaired) electrons. The van der Waals surface area contributed by atoms with E-state index in [2.05, 4.69) is 27.5 Å². The number of rotatable bonds is 5. The van der Waals surface area contributed by atoms with E-state index in [1.54, 1.807) is 0 Å². The summed E-state index contributed by atoms with van der Waals surface area (Å²) in [5, 5.41) is 6.89. The van der Waals surface area contributed by atoms with Crippen LogP contribution in [0.3, 0.4) is 0 Å². The van der Waals surface area contributed by atoms with Gasteiger partial charge in [-0.25, -0.2) is 4.98 Å². The highest BCUT2D eigenvalue weighted by Gasteiger charge is 2.65. The Labute approximate surface area is 114 Å². The minimum Gasteiger partial charge on any atom is -0.367 e. The molecule has 1 heterocycles. The molecular formula is C15H22N4. The minimum absolute atomic E-state index is 0.695. The first kappa shape index (κ1) is 11.5. The molecule has 0 spiro atoms. The van der Waals surface area contributed by atoms with Gasteiger partial charge in [0.1, 0.15) is 5.82 Å². The maximum atomic E-state index is 4.55. The Balaban J connectivity index is 1.41. The zero-order chi connectivity index (χ0) is 12.8. The molecule has 3 saturated carbocycles. The Kier molecular flexibility index (Phi) is 2.64. The summed E-state index contributed by atoms with van der Waals surface area (Å²) in [5.74, 6) is 5.65. The van der Waals surface area contributed by atoms with Crippen LogP contribution in [0.2, 0.25) is 0 Å². The van der Waals surface area contributed by atoms with Gasteiger partial charge in [-0.05, 0) is 55.4 Å². The number of nitrogens with zero attached hydrogens (tertiary/aromatic N) is 2. The molecule has 0 saturated heterocycles. The van der Waals surface area contributed by atoms with Crippen LogP contribution in [0.4, 0.5) is 11.8 Å². The molecule has 4 heteroatoms. The Morgan fingerprint density at radius 3 is 2.79 bits per heavy atom. The van der Waals surface area contributed by atoms with Crippen LogP contribution >= 0.6 is 0 Å². The maximum absolute atomic E-state index is 4.55. The van der Waals surface area contributed by atoms with Gasteiger partial charge < -0.3 is 10.6 Å². The van der Waals surface area contributed by atoms with Crippen LogP contribution in [0.25, 0.3) is 0 Å². The van der Waals surface area contributed by atoms with Crippen LogP contribution in [0.15, 0.2) is 12.3 Å². The fraction of sp³-hybridized carbons (Fsp3) is 0.733. The van der Waals surface area contributed by atoms with E-state index in [0.29, 0.717) is 6.04 Å². The summed E-state index contributed by atoms with van der Waals surface area (Å²) in [4.78, 5) is 8.81. The summed E-state index contributed by atoms with van der Waals surface area (Å²) in [6, 6.07) is 2.69. The number of nitrogens with one attached hydrogen (secondary N) is 2. The second-order valence-corrected chi connectivity index (χ2v) is 6.35. The monoisotopic (exact) mass is 258 g/mol. The molecule has 3 fully saturated rings. The molecule has 4 rings (SSSR count). The highest BCUT2D eigenvalue weighted by molar-refractivity contribution is 5.43. The standard InChI is InChI=1S/C15H22N4/c1-2-6-16-15-17-7-5-11(19-15)18-14-12-9-3-4-10(8-9)13(12)14/h5,7,9-10,12-14H,2-4,6,8H2,1H3,(H2,16,17,18,19). The smallest absolute Gasteiger partial charge is 0.224 e. The van der Waals surface area contributed by atoms with E-state index in [9.17, 15) is 0 Å². The van der Waals surface area contributed by atoms with E-state index in [1.807, 2.05) is 12.3 Å². The first-order chi connectivity index (χ1) is 9.36. The third-order valence-corrected chi connectivity index (χ3v) is 5.24. The van der Waals surface area contributed by atoms with Crippen LogP contribution in [0.5, 0.6) is 0 Å². The average Bonchev–Trinajstić information content (AvgIpc) is 2.84. The zero-order valence-electron chi connectivity index (χ0n) is 11.5. The lowest BCUT2D eigenvalue weighted by Crippen LogP contribution is -2.14. The predicted octanol–water partition coefficient (Wildman–Crippen LogP) is 2.75. The van der Waals surface area contributed by atoms with Crippen molar-refractivity contribution in [3.8, 4) is 0 Å². The van der Waals surface area contributed by atoms with Crippen LogP contribution < -0.4 is 10.6 Å². The molecule has 19 heavy (non-hydrogen) atoms. The molecule has 0 amide bonds. The molecule has 4 atom stereocenters. The second kappa shape index (κ2) is 4.36. The van der Waals surface area contributed by atoms with E-state index in [-0.39, 0.29) is 0 Å². The summed E-state index contributed by atoms with van der Waals surface area (Å²) in [6.45, 7) is 3.08. The predicted molar refractivity (Wildman–Crippen MR) is 76.0 cm³/mol. The Morgan fingerprint density at radius 2 is 2.05 bits per heavy atom. The molecule has 3 aliphatic carbocycles. The van der Waals surface area contributed by atoms with Crippen LogP contribution in [-0.2, 0) is 0 Å². The van der Waals surface area contributed by atoms with Crippen molar-refractivity contribution in [1.82, 2.24) is 9.97 Å². The largest absolute Gasteiger partial charge is 0.367 e. The molecule has 0 aliphatic heterocycles. The topological polar surface area (TPSA) is 49.8 Å². The third kappa shape index (κ3) is 1.88. The molecule has 1 aromatic rings. The van der Waals surface area contributed by atoms with Crippen molar-refractivity contribution in [1.29, 1.82) is 0 Å². The normalized spacial score (nSPS) is 38.1. The zero-order valence-corrected chi connectivity index (χ0v) is 11.5. The van der Waals surface area contributed by atoms with Crippen LogP contribution in [-0.4, -0.2) is 22.6 Å². The highest BCUT2D eigenvalue weighted by atomic mass is 15.2. The van der Waals surface area contributed by atoms with E-state index in [4.69, 9.17) is 0 Å². The highest BCUT2D eigenvalue weighted by Crippen LogP contribution is 2.66. The average molecular weight is 258 g/mol. The summed E-state index contributed by atoms with van der Waals surface area (Å²) >= 11 is 0. The third-order valence-electron chi connectivity index (χ3n) is 5.24. The summed E-state index contributed by atoms with van der Waals surface area (Å²) < 4.78 is 0. The number of anilines is 2. The summed E-state index contributed by atoms with van der Waals surface area (Å²) in [7, 11) is 0. The van der Waals surface area contributed by atoms with Gasteiger partial charge in [0.05, 0.1) is 0 Å². The van der Waals surface area contributed by atoms with Crippen molar-refractivity contribution in [3.63, 3.8) is 0 Å². The van der Waals surface area contributed by atoms with Gasteiger partial charge in [0.15, 0.2) is 0 Å². The Bertz CT molecular complexity index is 459. The minimum atomic E-state index is 0.695. The number of hydrogen-bond donors (Lipinski definition) is 2. The lowest BCUT2D eigenvalue weighted by Gasteiger charge is -2.11. The molecule has 102 valence electrons. The lowest BCUT2D eigenvalue weighted by atomic mass is 10.0. The lowest BCUT2D eigenvalue weighted by molar-refractivity contribution is 0.456. The van der Waals surface area contributed by atoms with Gasteiger partial charge in [-0.1, -0.05) is 6.92 Å². The fourth-order valence-corrected chi connectivity index (χ4v) is 4.45. The van der Waals surface area contributed by atoms with Crippen molar-refractivity contribution >= 4 is 11.8 Å². The van der Waals surface area contributed by atoms with E-state index >= 15 is 0 Å². The molecular weight excluding hydrogens is 236 g/mol. The maximum Gasteiger partial charge on any atom is 0.224 e. The molecule has 2 N–H and O–H groups in total. The number of fused-ring (bicyclic) bond motifs is 5. The van der Waals surface area contributed by atoms with Crippen molar-refractivity contribution in [2.24, 2.45) is 23.7 Å². The number of aromatic nitrogens is 2. The van der Waals surface area contributed by atoms with Crippen molar-refractivity contribution in [2.45, 2.75) is 38.6 Å². The second-order valence-electron chi connectivity index (χ2n) is 6.35. The van der Waals surface area contributed by atoms with Gasteiger partial charge in [-0.15, -0.1) is 0 Å². The first-order valence-corrected chi connectivity index (χ1v) is 7.70. The number of hydrogen-bond acceptors (Lipinski definition) is 4. The molecule has 4 nitrogen and oxygen atoms in total. The Morgan fingerprint density at radius 1 is 1.26 bits per heavy atom. The fourth-order valence-electron chi connectivity index (χ4n) is 4.45. The van der Waals surface area contributed by atoms with Crippen molar-refractivity contribution in [3.05, 3.63) is 12.3 Å². The van der Waals surface area contributed by atoms with Gasteiger partial charge in [0, 0.05) is 18.8 Å². The van der Waals surface area contributed by atoms with Gasteiger partial charge in [-0.2, -0.15) is 4.98 Å². The molecule has 1 aromatic heterocycles. The van der Waals surface area contributed by atoms with Gasteiger partial charge in [0.2, 0.25) is 5.95 Å². The summed E-state index contributed by atoms with van der Waals surface area (Å²) in [6.07, 6.45) is 7.38. The quantitative estimate of drug-likeness (QED) is 0.852. The molecule has 0 aromatic carbocycles. The van der Waals surface area contributed by atoms with Gasteiger partial charge >= 0.3 is 0 Å². The Hall–Kier alpha value is -1.32. The van der Waals surface area contributed by atoms with Crippen LogP contribution in [0.1, 0.15) is 32.6 Å². The molecule has 4 unspecified atom stereocenters. The van der Waals surface area contributed by atoms with Gasteiger partial charge in [0.25, 0.3) is 0 Å². The van der Waals surface area contributed by atoms with Crippen molar-refractivity contribution in [2.75, 3.05) is 17.2 Å². The first-order valence-electron chi connectivity index (χ1n) is 7.70. The van der Waals surface area contributed by atoms with E-state index in [1.165, 1.54) is 19.3 Å². The van der Waals surface area contributed by atoms with E-state index < -0.39 is 0 Å². The van der Waals surface area contributed by atoms with Crippen LogP contribution in [0, 0.1) is 23.7 Å². The van der Waals surface area contributed by atoms with Gasteiger partial charge in [-0.3, -0.25) is 0 Å². The van der Waals surface area contributed by atoms with Crippen molar-refractivity contribution < 1.29 is 0 Å². The molecule has 3 aliphatic rings. The molecule has 2 bridgehead atoms.